The topological polar surface area (TPSA) is 121 Å². The van der Waals surface area contributed by atoms with E-state index in [1.807, 2.05) is 23.6 Å². The molecule has 0 fully saturated rings. The number of ether oxygens (including phenoxy) is 1. The zero-order valence-corrected chi connectivity index (χ0v) is 15.9. The first-order valence-electron chi connectivity index (χ1n) is 8.94. The van der Waals surface area contributed by atoms with Crippen molar-refractivity contribution in [2.75, 3.05) is 19.5 Å². The van der Waals surface area contributed by atoms with Gasteiger partial charge in [-0.05, 0) is 25.5 Å². The van der Waals surface area contributed by atoms with E-state index >= 15 is 0 Å². The molecule has 1 amide bonds. The lowest BCUT2D eigenvalue weighted by molar-refractivity contribution is 0.0937. The summed E-state index contributed by atoms with van der Waals surface area (Å²) in [6.07, 6.45) is 5.61. The number of hydrogen-bond donors (Lipinski definition) is 2. The molecule has 0 aliphatic rings. The number of nitrogens with zero attached hydrogens (tertiary/aromatic N) is 5. The van der Waals surface area contributed by atoms with Gasteiger partial charge in [-0.1, -0.05) is 12.1 Å². The number of hydrogen-bond acceptors (Lipinski definition) is 7. The minimum atomic E-state index is -0.278. The number of rotatable bonds is 8. The van der Waals surface area contributed by atoms with Crippen LogP contribution in [0.15, 0.2) is 43.0 Å². The van der Waals surface area contributed by atoms with Crippen LogP contribution < -0.4 is 11.1 Å². The van der Waals surface area contributed by atoms with E-state index in [4.69, 9.17) is 10.5 Å². The van der Waals surface area contributed by atoms with Gasteiger partial charge in [-0.25, -0.2) is 4.98 Å². The second-order valence-electron chi connectivity index (χ2n) is 6.33. The Morgan fingerprint density at radius 2 is 2.04 bits per heavy atom. The fourth-order valence-electron chi connectivity index (χ4n) is 2.77. The van der Waals surface area contributed by atoms with Crippen LogP contribution in [0.25, 0.3) is 11.3 Å². The van der Waals surface area contributed by atoms with Crippen molar-refractivity contribution in [3.8, 4) is 11.3 Å². The second-order valence-corrected chi connectivity index (χ2v) is 6.33. The smallest absolute Gasteiger partial charge is 0.251 e. The molecule has 0 radical (unpaired) electrons. The Morgan fingerprint density at radius 3 is 2.71 bits per heavy atom. The first kappa shape index (κ1) is 19.4. The highest BCUT2D eigenvalue weighted by Gasteiger charge is 2.16. The first-order valence-corrected chi connectivity index (χ1v) is 8.94. The van der Waals surface area contributed by atoms with Crippen molar-refractivity contribution >= 4 is 11.7 Å². The summed E-state index contributed by atoms with van der Waals surface area (Å²) in [7, 11) is 1.67. The fourth-order valence-corrected chi connectivity index (χ4v) is 2.77. The fraction of sp³-hybridized carbons (Fsp3) is 0.316. The van der Waals surface area contributed by atoms with Crippen molar-refractivity contribution in [3.05, 3.63) is 54.4 Å². The summed E-state index contributed by atoms with van der Waals surface area (Å²) in [4.78, 5) is 20.8. The third-order valence-electron chi connectivity index (χ3n) is 4.24. The van der Waals surface area contributed by atoms with Crippen molar-refractivity contribution in [1.82, 2.24) is 30.0 Å². The number of nitrogens with two attached hydrogens (primary N) is 1. The largest absolute Gasteiger partial charge is 0.385 e. The van der Waals surface area contributed by atoms with Crippen molar-refractivity contribution in [3.63, 3.8) is 0 Å². The summed E-state index contributed by atoms with van der Waals surface area (Å²) < 4.78 is 7.00. The lowest BCUT2D eigenvalue weighted by atomic mass is 10.1. The van der Waals surface area contributed by atoms with Crippen LogP contribution >= 0.6 is 0 Å². The summed E-state index contributed by atoms with van der Waals surface area (Å²) in [5.74, 6) is 0.885. The lowest BCUT2D eigenvalue weighted by Gasteiger charge is -2.15. The van der Waals surface area contributed by atoms with Crippen LogP contribution in [-0.4, -0.2) is 44.4 Å². The summed E-state index contributed by atoms with van der Waals surface area (Å²) in [6, 6.07) is 6.87. The summed E-state index contributed by atoms with van der Waals surface area (Å²) in [6.45, 7) is 3.27. The van der Waals surface area contributed by atoms with Crippen LogP contribution in [0.3, 0.4) is 0 Å². The van der Waals surface area contributed by atoms with E-state index in [-0.39, 0.29) is 11.9 Å². The van der Waals surface area contributed by atoms with Crippen LogP contribution in [0.2, 0.25) is 0 Å². The molecule has 146 valence electrons. The molecule has 2 heterocycles. The quantitative estimate of drug-likeness (QED) is 0.571. The zero-order valence-electron chi connectivity index (χ0n) is 15.9. The van der Waals surface area contributed by atoms with Crippen LogP contribution in [0.4, 0.5) is 5.82 Å². The van der Waals surface area contributed by atoms with Gasteiger partial charge in [0, 0.05) is 31.4 Å². The molecule has 1 atom stereocenters. The highest BCUT2D eigenvalue weighted by Crippen LogP contribution is 2.18. The molecular formula is C19H23N7O2. The third-order valence-corrected chi connectivity index (χ3v) is 4.24. The van der Waals surface area contributed by atoms with E-state index < -0.39 is 0 Å². The van der Waals surface area contributed by atoms with E-state index in [1.54, 1.807) is 31.8 Å². The molecule has 0 aliphatic carbocycles. The standard InChI is InChI=1S/C19H23N7O2/c1-13(18-25-23-12-26(18)8-3-9-28-2)24-19(27)15-6-4-14(5-7-15)16-10-22-17(20)11-21-16/h4-7,10-13H,3,8-9H2,1-2H3,(H2,20,22)(H,24,27)/t13-/m0/s1. The number of carbonyl (C=O) groups excluding carboxylic acids is 1. The van der Waals surface area contributed by atoms with Crippen molar-refractivity contribution in [2.24, 2.45) is 0 Å². The number of nitrogen functional groups attached to an aromatic ring is 1. The molecule has 3 N–H and O–H groups in total. The maximum absolute atomic E-state index is 12.6. The van der Waals surface area contributed by atoms with Gasteiger partial charge >= 0.3 is 0 Å². The average Bonchev–Trinajstić information content (AvgIpc) is 3.17. The molecule has 0 bridgehead atoms. The number of aromatic nitrogens is 5. The van der Waals surface area contributed by atoms with Gasteiger partial charge in [-0.2, -0.15) is 0 Å². The van der Waals surface area contributed by atoms with Crippen LogP contribution in [0, 0.1) is 0 Å². The third kappa shape index (κ3) is 4.68. The lowest BCUT2D eigenvalue weighted by Crippen LogP contribution is -2.28. The predicted molar refractivity (Wildman–Crippen MR) is 104 cm³/mol. The van der Waals surface area contributed by atoms with Gasteiger partial charge in [0.1, 0.15) is 12.1 Å². The van der Waals surface area contributed by atoms with Gasteiger partial charge in [0.15, 0.2) is 5.82 Å². The van der Waals surface area contributed by atoms with Crippen LogP contribution in [0.1, 0.15) is 35.6 Å². The molecule has 0 saturated heterocycles. The maximum Gasteiger partial charge on any atom is 0.251 e. The Balaban J connectivity index is 1.64. The van der Waals surface area contributed by atoms with Gasteiger partial charge in [-0.3, -0.25) is 9.78 Å². The van der Waals surface area contributed by atoms with Gasteiger partial charge in [0.2, 0.25) is 0 Å². The first-order chi connectivity index (χ1) is 13.6. The minimum absolute atomic E-state index is 0.186. The van der Waals surface area contributed by atoms with Crippen LogP contribution in [-0.2, 0) is 11.3 Å². The Kier molecular flexibility index (Phi) is 6.28. The number of benzene rings is 1. The number of methoxy groups -OCH3 is 1. The van der Waals surface area contributed by atoms with E-state index in [1.165, 1.54) is 6.20 Å². The van der Waals surface area contributed by atoms with Crippen molar-refractivity contribution in [2.45, 2.75) is 25.9 Å². The number of carbonyl (C=O) groups is 1. The highest BCUT2D eigenvalue weighted by atomic mass is 16.5. The minimum Gasteiger partial charge on any atom is -0.385 e. The normalized spacial score (nSPS) is 11.9. The number of aryl methyl sites for hydroxylation is 1. The number of nitrogens with one attached hydrogen (secondary N) is 1. The van der Waals surface area contributed by atoms with Gasteiger partial charge < -0.3 is 20.4 Å². The Bertz CT molecular complexity index is 907. The molecule has 9 nitrogen and oxygen atoms in total. The second kappa shape index (κ2) is 9.05. The van der Waals surface area contributed by atoms with E-state index in [2.05, 4.69) is 25.5 Å². The molecule has 0 spiro atoms. The Morgan fingerprint density at radius 1 is 1.25 bits per heavy atom. The average molecular weight is 381 g/mol. The summed E-state index contributed by atoms with van der Waals surface area (Å²) in [5, 5.41) is 11.0. The van der Waals surface area contributed by atoms with E-state index in [0.717, 1.165) is 18.5 Å². The molecule has 0 unspecified atom stereocenters. The van der Waals surface area contributed by atoms with Gasteiger partial charge in [-0.15, -0.1) is 10.2 Å². The van der Waals surface area contributed by atoms with Crippen molar-refractivity contribution < 1.29 is 9.53 Å². The van der Waals surface area contributed by atoms with Gasteiger partial charge in [0.05, 0.1) is 24.1 Å². The summed E-state index contributed by atoms with van der Waals surface area (Å²) in [5.41, 5.74) is 7.65. The highest BCUT2D eigenvalue weighted by molar-refractivity contribution is 5.94. The van der Waals surface area contributed by atoms with Crippen molar-refractivity contribution in [1.29, 1.82) is 0 Å². The SMILES string of the molecule is COCCCn1cnnc1[C@H](C)NC(=O)c1ccc(-c2cnc(N)cn2)cc1. The zero-order chi connectivity index (χ0) is 19.9. The van der Waals surface area contributed by atoms with Gasteiger partial charge in [0.25, 0.3) is 5.91 Å². The monoisotopic (exact) mass is 381 g/mol. The molecule has 1 aromatic carbocycles. The molecule has 3 rings (SSSR count). The van der Waals surface area contributed by atoms with Crippen LogP contribution in [0.5, 0.6) is 0 Å². The number of amides is 1. The Labute approximate surface area is 163 Å². The van der Waals surface area contributed by atoms with E-state index in [9.17, 15) is 4.79 Å². The summed E-state index contributed by atoms with van der Waals surface area (Å²) >= 11 is 0. The van der Waals surface area contributed by atoms with E-state index in [0.29, 0.717) is 29.5 Å². The molecule has 2 aromatic heterocycles. The Hall–Kier alpha value is -3.33. The molecule has 28 heavy (non-hydrogen) atoms. The number of anilines is 1. The predicted octanol–water partition coefficient (Wildman–Crippen LogP) is 1.84. The molecule has 0 saturated carbocycles. The molecular weight excluding hydrogens is 358 g/mol. The molecule has 9 heteroatoms. The maximum atomic E-state index is 12.6. The molecule has 0 aliphatic heterocycles. The molecule has 3 aromatic rings.